The van der Waals surface area contributed by atoms with E-state index in [1.165, 1.54) is 5.56 Å². The number of hydrogen-bond acceptors (Lipinski definition) is 3. The van der Waals surface area contributed by atoms with Crippen molar-refractivity contribution in [3.63, 3.8) is 0 Å². The Morgan fingerprint density at radius 1 is 1.56 bits per heavy atom. The SMILES string of the molecule is Cc1[nH]ncc1CCCNC(=O)Cc1ccsc1. The Morgan fingerprint density at radius 3 is 3.11 bits per heavy atom. The third-order valence-electron chi connectivity index (χ3n) is 2.82. The largest absolute Gasteiger partial charge is 0.356 e. The second-order valence-corrected chi connectivity index (χ2v) is 5.06. The summed E-state index contributed by atoms with van der Waals surface area (Å²) in [6.45, 7) is 2.73. The predicted octanol–water partition coefficient (Wildman–Crippen LogP) is 2.07. The highest BCUT2D eigenvalue weighted by molar-refractivity contribution is 7.07. The van der Waals surface area contributed by atoms with Gasteiger partial charge in [0, 0.05) is 12.2 Å². The van der Waals surface area contributed by atoms with Gasteiger partial charge in [-0.1, -0.05) is 0 Å². The van der Waals surface area contributed by atoms with E-state index in [0.29, 0.717) is 13.0 Å². The van der Waals surface area contributed by atoms with Gasteiger partial charge in [0.2, 0.25) is 5.91 Å². The van der Waals surface area contributed by atoms with Crippen LogP contribution >= 0.6 is 11.3 Å². The van der Waals surface area contributed by atoms with Crippen molar-refractivity contribution in [2.24, 2.45) is 0 Å². The van der Waals surface area contributed by atoms with Crippen LogP contribution in [-0.4, -0.2) is 22.6 Å². The molecule has 2 N–H and O–H groups in total. The molecule has 1 amide bonds. The van der Waals surface area contributed by atoms with Crippen LogP contribution in [0.15, 0.2) is 23.0 Å². The first-order chi connectivity index (χ1) is 8.75. The highest BCUT2D eigenvalue weighted by Crippen LogP contribution is 2.07. The summed E-state index contributed by atoms with van der Waals surface area (Å²) in [5, 5.41) is 13.8. The van der Waals surface area contributed by atoms with Crippen molar-refractivity contribution in [3.8, 4) is 0 Å². The van der Waals surface area contributed by atoms with Gasteiger partial charge in [-0.25, -0.2) is 0 Å². The molecule has 0 atom stereocenters. The molecule has 0 unspecified atom stereocenters. The zero-order chi connectivity index (χ0) is 12.8. The summed E-state index contributed by atoms with van der Waals surface area (Å²) in [7, 11) is 0. The molecule has 0 saturated heterocycles. The van der Waals surface area contributed by atoms with Gasteiger partial charge in [0.25, 0.3) is 0 Å². The van der Waals surface area contributed by atoms with Gasteiger partial charge < -0.3 is 5.32 Å². The van der Waals surface area contributed by atoms with Crippen molar-refractivity contribution in [1.82, 2.24) is 15.5 Å². The minimum absolute atomic E-state index is 0.0947. The second-order valence-electron chi connectivity index (χ2n) is 4.28. The Balaban J connectivity index is 1.63. The van der Waals surface area contributed by atoms with Crippen LogP contribution in [0, 0.1) is 6.92 Å². The van der Waals surface area contributed by atoms with E-state index in [0.717, 1.165) is 24.1 Å². The van der Waals surface area contributed by atoms with E-state index in [2.05, 4.69) is 15.5 Å². The van der Waals surface area contributed by atoms with E-state index in [9.17, 15) is 4.79 Å². The Kier molecular flexibility index (Phi) is 4.52. The van der Waals surface area contributed by atoms with Crippen LogP contribution in [0.3, 0.4) is 0 Å². The quantitative estimate of drug-likeness (QED) is 0.784. The Bertz CT molecular complexity index is 490. The van der Waals surface area contributed by atoms with Gasteiger partial charge in [-0.3, -0.25) is 9.89 Å². The van der Waals surface area contributed by atoms with Gasteiger partial charge in [-0.2, -0.15) is 16.4 Å². The lowest BCUT2D eigenvalue weighted by Gasteiger charge is -2.04. The van der Waals surface area contributed by atoms with Crippen LogP contribution in [0.4, 0.5) is 0 Å². The van der Waals surface area contributed by atoms with Gasteiger partial charge in [0.15, 0.2) is 0 Å². The molecule has 18 heavy (non-hydrogen) atoms. The number of aryl methyl sites for hydroxylation is 2. The average Bonchev–Trinajstić information content (AvgIpc) is 2.97. The Hall–Kier alpha value is -1.62. The molecule has 0 saturated carbocycles. The van der Waals surface area contributed by atoms with Gasteiger partial charge in [0.1, 0.15) is 0 Å². The molecule has 2 heterocycles. The van der Waals surface area contributed by atoms with Crippen molar-refractivity contribution in [2.75, 3.05) is 6.54 Å². The minimum Gasteiger partial charge on any atom is -0.356 e. The van der Waals surface area contributed by atoms with Gasteiger partial charge in [-0.15, -0.1) is 0 Å². The van der Waals surface area contributed by atoms with Crippen LogP contribution in [0.25, 0.3) is 0 Å². The summed E-state index contributed by atoms with van der Waals surface area (Å²) in [4.78, 5) is 11.6. The first-order valence-corrected chi connectivity index (χ1v) is 6.96. The number of nitrogens with zero attached hydrogens (tertiary/aromatic N) is 1. The molecule has 0 aliphatic carbocycles. The van der Waals surface area contributed by atoms with Crippen LogP contribution in [0.1, 0.15) is 23.2 Å². The Labute approximate surface area is 110 Å². The normalized spacial score (nSPS) is 10.5. The number of thiophene rings is 1. The summed E-state index contributed by atoms with van der Waals surface area (Å²) in [5.41, 5.74) is 3.42. The molecule has 0 aromatic carbocycles. The molecule has 0 aliphatic heterocycles. The Morgan fingerprint density at radius 2 is 2.44 bits per heavy atom. The van der Waals surface area contributed by atoms with Gasteiger partial charge >= 0.3 is 0 Å². The number of hydrogen-bond donors (Lipinski definition) is 2. The molecule has 0 bridgehead atoms. The summed E-state index contributed by atoms with van der Waals surface area (Å²) in [5.74, 6) is 0.0947. The highest BCUT2D eigenvalue weighted by atomic mass is 32.1. The van der Waals surface area contributed by atoms with Crippen molar-refractivity contribution in [3.05, 3.63) is 39.8 Å². The maximum Gasteiger partial charge on any atom is 0.224 e. The maximum atomic E-state index is 11.6. The molecule has 2 aromatic heterocycles. The molecule has 0 radical (unpaired) electrons. The number of rotatable bonds is 6. The standard InChI is InChI=1S/C13H17N3OS/c1-10-12(8-15-16-10)3-2-5-14-13(17)7-11-4-6-18-9-11/h4,6,8-9H,2-3,5,7H2,1H3,(H,14,17)(H,15,16). The maximum absolute atomic E-state index is 11.6. The molecule has 5 heteroatoms. The summed E-state index contributed by atoms with van der Waals surface area (Å²) >= 11 is 1.62. The summed E-state index contributed by atoms with van der Waals surface area (Å²) < 4.78 is 0. The fourth-order valence-corrected chi connectivity index (χ4v) is 2.44. The van der Waals surface area contributed by atoms with E-state index in [-0.39, 0.29) is 5.91 Å². The topological polar surface area (TPSA) is 57.8 Å². The third kappa shape index (κ3) is 3.70. The second kappa shape index (κ2) is 6.35. The van der Waals surface area contributed by atoms with Crippen molar-refractivity contribution in [1.29, 1.82) is 0 Å². The highest BCUT2D eigenvalue weighted by Gasteiger charge is 2.04. The third-order valence-corrected chi connectivity index (χ3v) is 3.56. The number of aromatic nitrogens is 2. The lowest BCUT2D eigenvalue weighted by Crippen LogP contribution is -2.26. The van der Waals surface area contributed by atoms with Crippen molar-refractivity contribution in [2.45, 2.75) is 26.2 Å². The molecule has 0 spiro atoms. The minimum atomic E-state index is 0.0947. The van der Waals surface area contributed by atoms with Gasteiger partial charge in [-0.05, 0) is 47.7 Å². The van der Waals surface area contributed by atoms with Crippen molar-refractivity contribution < 1.29 is 4.79 Å². The smallest absolute Gasteiger partial charge is 0.224 e. The number of carbonyl (C=O) groups excluding carboxylic acids is 1. The lowest BCUT2D eigenvalue weighted by molar-refractivity contribution is -0.120. The molecular weight excluding hydrogens is 246 g/mol. The van der Waals surface area contributed by atoms with Crippen LogP contribution in [-0.2, 0) is 17.6 Å². The number of nitrogens with one attached hydrogen (secondary N) is 2. The number of H-pyrrole nitrogens is 1. The zero-order valence-corrected chi connectivity index (χ0v) is 11.2. The monoisotopic (exact) mass is 263 g/mol. The van der Waals surface area contributed by atoms with E-state index in [1.54, 1.807) is 11.3 Å². The van der Waals surface area contributed by atoms with Crippen molar-refractivity contribution >= 4 is 17.2 Å². The number of carbonyl (C=O) groups is 1. The fourth-order valence-electron chi connectivity index (χ4n) is 1.78. The van der Waals surface area contributed by atoms with Crippen LogP contribution in [0.2, 0.25) is 0 Å². The first kappa shape index (κ1) is 12.8. The summed E-state index contributed by atoms with van der Waals surface area (Å²) in [6.07, 6.45) is 4.22. The van der Waals surface area contributed by atoms with E-state index in [1.807, 2.05) is 29.9 Å². The first-order valence-electron chi connectivity index (χ1n) is 6.02. The fraction of sp³-hybridized carbons (Fsp3) is 0.385. The molecule has 4 nitrogen and oxygen atoms in total. The lowest BCUT2D eigenvalue weighted by atomic mass is 10.1. The number of amides is 1. The summed E-state index contributed by atoms with van der Waals surface area (Å²) in [6, 6.07) is 1.99. The molecule has 0 aliphatic rings. The van der Waals surface area contributed by atoms with E-state index < -0.39 is 0 Å². The predicted molar refractivity (Wildman–Crippen MR) is 72.7 cm³/mol. The van der Waals surface area contributed by atoms with E-state index in [4.69, 9.17) is 0 Å². The molecule has 2 aromatic rings. The van der Waals surface area contributed by atoms with Gasteiger partial charge in [0.05, 0.1) is 12.6 Å². The molecule has 96 valence electrons. The zero-order valence-electron chi connectivity index (χ0n) is 10.4. The van der Waals surface area contributed by atoms with Crippen LogP contribution in [0.5, 0.6) is 0 Å². The molecule has 0 fully saturated rings. The average molecular weight is 263 g/mol. The van der Waals surface area contributed by atoms with E-state index >= 15 is 0 Å². The molecular formula is C13H17N3OS. The molecule has 2 rings (SSSR count). The number of aromatic amines is 1. The van der Waals surface area contributed by atoms with Crippen LogP contribution < -0.4 is 5.32 Å².